The highest BCUT2D eigenvalue weighted by Gasteiger charge is 2.33. The van der Waals surface area contributed by atoms with Gasteiger partial charge in [0.25, 0.3) is 0 Å². The van der Waals surface area contributed by atoms with Crippen molar-refractivity contribution in [1.29, 1.82) is 0 Å². The average Bonchev–Trinajstić information content (AvgIpc) is 2.74. The SMILES string of the molecule is COc1ccc(S(=O)(=O)N2CCC[C@H](C(=O)Nc3ccc(Cl)cc3)C2)cc1OC. The Kier molecular flexibility index (Phi) is 6.66. The van der Waals surface area contributed by atoms with Crippen LogP contribution in [-0.2, 0) is 14.8 Å². The van der Waals surface area contributed by atoms with Gasteiger partial charge in [0.1, 0.15) is 0 Å². The Morgan fingerprint density at radius 2 is 1.79 bits per heavy atom. The van der Waals surface area contributed by atoms with Crippen molar-refractivity contribution in [3.8, 4) is 11.5 Å². The minimum absolute atomic E-state index is 0.105. The van der Waals surface area contributed by atoms with E-state index in [0.717, 1.165) is 0 Å². The predicted molar refractivity (Wildman–Crippen MR) is 111 cm³/mol. The Balaban J connectivity index is 1.75. The fourth-order valence-corrected chi connectivity index (χ4v) is 4.94. The van der Waals surface area contributed by atoms with E-state index in [-0.39, 0.29) is 17.3 Å². The molecule has 1 saturated heterocycles. The van der Waals surface area contributed by atoms with Gasteiger partial charge in [0.05, 0.1) is 25.0 Å². The van der Waals surface area contributed by atoms with Gasteiger partial charge in [-0.2, -0.15) is 4.31 Å². The molecule has 0 unspecified atom stereocenters. The summed E-state index contributed by atoms with van der Waals surface area (Å²) in [6, 6.07) is 11.3. The second kappa shape index (κ2) is 9.02. The van der Waals surface area contributed by atoms with Crippen LogP contribution < -0.4 is 14.8 Å². The molecule has 0 saturated carbocycles. The Labute approximate surface area is 175 Å². The summed E-state index contributed by atoms with van der Waals surface area (Å²) < 4.78 is 37.9. The van der Waals surface area contributed by atoms with Gasteiger partial charge < -0.3 is 14.8 Å². The summed E-state index contributed by atoms with van der Waals surface area (Å²) >= 11 is 5.86. The molecule has 0 radical (unpaired) electrons. The summed E-state index contributed by atoms with van der Waals surface area (Å²) in [5, 5.41) is 3.41. The van der Waals surface area contributed by atoms with Crippen LogP contribution in [0.2, 0.25) is 5.02 Å². The van der Waals surface area contributed by atoms with Gasteiger partial charge in [-0.25, -0.2) is 8.42 Å². The number of halogens is 1. The number of carbonyl (C=O) groups excluding carboxylic acids is 1. The van der Waals surface area contributed by atoms with Gasteiger partial charge >= 0.3 is 0 Å². The number of benzene rings is 2. The molecule has 1 heterocycles. The van der Waals surface area contributed by atoms with Gasteiger partial charge in [0, 0.05) is 29.9 Å². The molecular weight excluding hydrogens is 416 g/mol. The first kappa shape index (κ1) is 21.4. The first-order valence-electron chi connectivity index (χ1n) is 9.13. The molecule has 1 N–H and O–H groups in total. The third-order valence-electron chi connectivity index (χ3n) is 4.86. The number of anilines is 1. The van der Waals surface area contributed by atoms with Crippen LogP contribution in [0.25, 0.3) is 0 Å². The molecule has 1 amide bonds. The monoisotopic (exact) mass is 438 g/mol. The number of piperidine rings is 1. The highest BCUT2D eigenvalue weighted by Crippen LogP contribution is 2.32. The first-order chi connectivity index (χ1) is 13.8. The van der Waals surface area contributed by atoms with Crippen molar-refractivity contribution in [1.82, 2.24) is 4.31 Å². The van der Waals surface area contributed by atoms with Gasteiger partial charge in [0.15, 0.2) is 11.5 Å². The number of sulfonamides is 1. The van der Waals surface area contributed by atoms with Crippen molar-refractivity contribution >= 4 is 33.2 Å². The molecule has 1 aliphatic heterocycles. The number of rotatable bonds is 6. The summed E-state index contributed by atoms with van der Waals surface area (Å²) in [5.41, 5.74) is 0.624. The van der Waals surface area contributed by atoms with Gasteiger partial charge in [-0.3, -0.25) is 4.79 Å². The van der Waals surface area contributed by atoms with Gasteiger partial charge in [0.2, 0.25) is 15.9 Å². The third kappa shape index (κ3) is 4.83. The maximum atomic E-state index is 13.1. The Bertz CT molecular complexity index is 979. The molecule has 0 spiro atoms. The number of nitrogens with one attached hydrogen (secondary N) is 1. The summed E-state index contributed by atoms with van der Waals surface area (Å²) in [7, 11) is -0.827. The van der Waals surface area contributed by atoms with Gasteiger partial charge in [-0.1, -0.05) is 11.6 Å². The Morgan fingerprint density at radius 3 is 2.45 bits per heavy atom. The van der Waals surface area contributed by atoms with Crippen LogP contribution in [0.5, 0.6) is 11.5 Å². The number of ether oxygens (including phenoxy) is 2. The van der Waals surface area contributed by atoms with Crippen molar-refractivity contribution in [2.24, 2.45) is 5.92 Å². The summed E-state index contributed by atoms with van der Waals surface area (Å²) in [6.07, 6.45) is 1.22. The van der Waals surface area contributed by atoms with Crippen LogP contribution in [0, 0.1) is 5.92 Å². The lowest BCUT2D eigenvalue weighted by Gasteiger charge is -2.31. The van der Waals surface area contributed by atoms with Crippen LogP contribution >= 0.6 is 11.6 Å². The average molecular weight is 439 g/mol. The maximum absolute atomic E-state index is 13.1. The highest BCUT2D eigenvalue weighted by atomic mass is 35.5. The molecule has 1 aliphatic rings. The molecule has 9 heteroatoms. The predicted octanol–water partition coefficient (Wildman–Crippen LogP) is 3.40. The molecule has 3 rings (SSSR count). The van der Waals surface area contributed by atoms with Crippen molar-refractivity contribution in [2.75, 3.05) is 32.6 Å². The van der Waals surface area contributed by atoms with Gasteiger partial charge in [-0.15, -0.1) is 0 Å². The molecular formula is C20H23ClN2O5S. The van der Waals surface area contributed by atoms with E-state index >= 15 is 0 Å². The minimum atomic E-state index is -3.76. The second-order valence-electron chi connectivity index (χ2n) is 6.72. The van der Waals surface area contributed by atoms with Crippen LogP contribution in [0.4, 0.5) is 5.69 Å². The minimum Gasteiger partial charge on any atom is -0.493 e. The normalized spacial score (nSPS) is 17.6. The number of hydrogen-bond acceptors (Lipinski definition) is 5. The molecule has 2 aromatic carbocycles. The molecule has 0 aromatic heterocycles. The number of methoxy groups -OCH3 is 2. The fraction of sp³-hybridized carbons (Fsp3) is 0.350. The van der Waals surface area contributed by atoms with Crippen molar-refractivity contribution in [2.45, 2.75) is 17.7 Å². The Morgan fingerprint density at radius 1 is 1.10 bits per heavy atom. The van der Waals surface area contributed by atoms with E-state index in [1.54, 1.807) is 30.3 Å². The van der Waals surface area contributed by atoms with E-state index in [1.165, 1.54) is 30.7 Å². The number of hydrogen-bond donors (Lipinski definition) is 1. The standard InChI is InChI=1S/C20H23ClN2O5S/c1-27-18-10-9-17(12-19(18)28-2)29(25,26)23-11-3-4-14(13-23)20(24)22-16-7-5-15(21)6-8-16/h5-10,12,14H,3-4,11,13H2,1-2H3,(H,22,24)/t14-/m0/s1. The topological polar surface area (TPSA) is 84.9 Å². The summed E-state index contributed by atoms with van der Waals surface area (Å²) in [4.78, 5) is 12.7. The lowest BCUT2D eigenvalue weighted by Crippen LogP contribution is -2.43. The molecule has 1 atom stereocenters. The molecule has 29 heavy (non-hydrogen) atoms. The number of carbonyl (C=O) groups is 1. The molecule has 1 fully saturated rings. The van der Waals surface area contributed by atoms with Crippen molar-refractivity contribution in [3.63, 3.8) is 0 Å². The lowest BCUT2D eigenvalue weighted by atomic mass is 9.99. The maximum Gasteiger partial charge on any atom is 0.243 e. The Hall–Kier alpha value is -2.29. The van der Waals surface area contributed by atoms with E-state index < -0.39 is 15.9 Å². The number of amides is 1. The molecule has 0 bridgehead atoms. The smallest absolute Gasteiger partial charge is 0.243 e. The fourth-order valence-electron chi connectivity index (χ4n) is 3.28. The highest BCUT2D eigenvalue weighted by molar-refractivity contribution is 7.89. The second-order valence-corrected chi connectivity index (χ2v) is 9.09. The lowest BCUT2D eigenvalue weighted by molar-refractivity contribution is -0.120. The van der Waals surface area contributed by atoms with E-state index in [4.69, 9.17) is 21.1 Å². The summed E-state index contributed by atoms with van der Waals surface area (Å²) in [6.45, 7) is 0.484. The van der Waals surface area contributed by atoms with E-state index in [9.17, 15) is 13.2 Å². The van der Waals surface area contributed by atoms with Crippen molar-refractivity contribution in [3.05, 3.63) is 47.5 Å². The first-order valence-corrected chi connectivity index (χ1v) is 11.0. The zero-order valence-corrected chi connectivity index (χ0v) is 17.8. The molecule has 7 nitrogen and oxygen atoms in total. The van der Waals surface area contributed by atoms with Gasteiger partial charge in [-0.05, 0) is 49.2 Å². The van der Waals surface area contributed by atoms with Crippen molar-refractivity contribution < 1.29 is 22.7 Å². The molecule has 2 aromatic rings. The molecule has 156 valence electrons. The van der Waals surface area contributed by atoms with Crippen LogP contribution in [0.1, 0.15) is 12.8 Å². The zero-order valence-electron chi connectivity index (χ0n) is 16.2. The summed E-state index contributed by atoms with van der Waals surface area (Å²) in [5.74, 6) is 0.141. The van der Waals surface area contributed by atoms with E-state index in [0.29, 0.717) is 41.6 Å². The van der Waals surface area contributed by atoms with Crippen LogP contribution in [0.3, 0.4) is 0 Å². The third-order valence-corrected chi connectivity index (χ3v) is 6.97. The zero-order chi connectivity index (χ0) is 21.0. The number of nitrogens with zero attached hydrogens (tertiary/aromatic N) is 1. The molecule has 0 aliphatic carbocycles. The largest absolute Gasteiger partial charge is 0.493 e. The van der Waals surface area contributed by atoms with E-state index in [2.05, 4.69) is 5.32 Å². The van der Waals surface area contributed by atoms with Crippen LogP contribution in [0.15, 0.2) is 47.4 Å². The van der Waals surface area contributed by atoms with E-state index in [1.807, 2.05) is 0 Å². The van der Waals surface area contributed by atoms with Crippen LogP contribution in [-0.4, -0.2) is 45.9 Å². The quantitative estimate of drug-likeness (QED) is 0.747.